The van der Waals surface area contributed by atoms with Crippen LogP contribution in [0.4, 0.5) is 0 Å². The summed E-state index contributed by atoms with van der Waals surface area (Å²) in [6.45, 7) is 0.390. The third kappa shape index (κ3) is 2.71. The first-order valence-corrected chi connectivity index (χ1v) is 8.46. The molecule has 1 aromatic carbocycles. The predicted molar refractivity (Wildman–Crippen MR) is 77.8 cm³/mol. The summed E-state index contributed by atoms with van der Waals surface area (Å²) in [4.78, 5) is 0.339. The molecule has 0 saturated carbocycles. The number of benzene rings is 1. The predicted octanol–water partition coefficient (Wildman–Crippen LogP) is 1.83. The maximum Gasteiger partial charge on any atom is 0.244 e. The molecule has 100 valence electrons. The van der Waals surface area contributed by atoms with E-state index < -0.39 is 10.0 Å². The largest absolute Gasteiger partial charge is 0.395 e. The van der Waals surface area contributed by atoms with E-state index >= 15 is 0 Å². The van der Waals surface area contributed by atoms with Crippen molar-refractivity contribution in [3.8, 4) is 0 Å². The van der Waals surface area contributed by atoms with Gasteiger partial charge in [0, 0.05) is 16.2 Å². The van der Waals surface area contributed by atoms with Crippen LogP contribution in [-0.2, 0) is 10.0 Å². The zero-order chi connectivity index (χ0) is 13.2. The summed E-state index contributed by atoms with van der Waals surface area (Å²) in [5, 5.41) is 9.33. The van der Waals surface area contributed by atoms with Crippen LogP contribution in [0, 0.1) is 3.57 Å². The summed E-state index contributed by atoms with van der Waals surface area (Å²) < 4.78 is 27.3. The summed E-state index contributed by atoms with van der Waals surface area (Å²) in [6, 6.07) is 6.68. The molecule has 1 aliphatic rings. The van der Waals surface area contributed by atoms with Gasteiger partial charge in [0.2, 0.25) is 10.0 Å². The lowest BCUT2D eigenvalue weighted by Gasteiger charge is -2.33. The highest BCUT2D eigenvalue weighted by Crippen LogP contribution is 2.27. The quantitative estimate of drug-likeness (QED) is 0.813. The van der Waals surface area contributed by atoms with Crippen LogP contribution in [0.25, 0.3) is 0 Å². The molecule has 0 spiro atoms. The molecule has 0 aliphatic carbocycles. The molecular weight excluding hydrogens is 365 g/mol. The molecule has 18 heavy (non-hydrogen) atoms. The van der Waals surface area contributed by atoms with E-state index in [0.29, 0.717) is 11.4 Å². The molecule has 6 heteroatoms. The van der Waals surface area contributed by atoms with Gasteiger partial charge in [-0.3, -0.25) is 0 Å². The fraction of sp³-hybridized carbons (Fsp3) is 0.500. The molecule has 1 aromatic rings. The lowest BCUT2D eigenvalue weighted by atomic mass is 10.1. The molecule has 0 amide bonds. The van der Waals surface area contributed by atoms with Crippen molar-refractivity contribution < 1.29 is 13.5 Å². The second kappa shape index (κ2) is 5.85. The number of piperidine rings is 1. The first-order chi connectivity index (χ1) is 8.57. The van der Waals surface area contributed by atoms with E-state index in [1.807, 2.05) is 28.7 Å². The van der Waals surface area contributed by atoms with Gasteiger partial charge in [-0.25, -0.2) is 8.42 Å². The molecule has 1 atom stereocenters. The van der Waals surface area contributed by atoms with E-state index in [1.165, 1.54) is 4.31 Å². The van der Waals surface area contributed by atoms with Crippen LogP contribution in [0.3, 0.4) is 0 Å². The molecule has 1 fully saturated rings. The average molecular weight is 381 g/mol. The molecule has 0 unspecified atom stereocenters. The van der Waals surface area contributed by atoms with Crippen molar-refractivity contribution in [1.82, 2.24) is 4.31 Å². The second-order valence-electron chi connectivity index (χ2n) is 4.38. The monoisotopic (exact) mass is 381 g/mol. The molecule has 1 saturated heterocycles. The Kier molecular flexibility index (Phi) is 4.63. The molecule has 0 radical (unpaired) electrons. The lowest BCUT2D eigenvalue weighted by molar-refractivity contribution is 0.155. The molecular formula is C12H16INO3S. The van der Waals surface area contributed by atoms with Gasteiger partial charge in [-0.05, 0) is 47.6 Å². The van der Waals surface area contributed by atoms with Gasteiger partial charge in [0.1, 0.15) is 0 Å². The van der Waals surface area contributed by atoms with Crippen molar-refractivity contribution in [2.75, 3.05) is 13.2 Å². The van der Waals surface area contributed by atoms with Crippen molar-refractivity contribution >= 4 is 32.6 Å². The number of hydrogen-bond donors (Lipinski definition) is 1. The first-order valence-electron chi connectivity index (χ1n) is 5.94. The van der Waals surface area contributed by atoms with Gasteiger partial charge >= 0.3 is 0 Å². The van der Waals surface area contributed by atoms with Gasteiger partial charge in [0.25, 0.3) is 0 Å². The van der Waals surface area contributed by atoms with Crippen LogP contribution < -0.4 is 0 Å². The third-order valence-corrected chi connectivity index (χ3v) is 6.52. The second-order valence-corrected chi connectivity index (χ2v) is 7.40. The van der Waals surface area contributed by atoms with Crippen LogP contribution >= 0.6 is 22.6 Å². The Balaban J connectivity index is 2.39. The Labute approximate surface area is 121 Å². The Bertz CT molecular complexity index is 518. The molecule has 1 N–H and O–H groups in total. The molecule has 4 nitrogen and oxygen atoms in total. The minimum atomic E-state index is -3.49. The molecule has 0 bridgehead atoms. The zero-order valence-corrected chi connectivity index (χ0v) is 12.9. The van der Waals surface area contributed by atoms with Gasteiger partial charge in [-0.15, -0.1) is 0 Å². The number of halogens is 1. The maximum absolute atomic E-state index is 12.6. The van der Waals surface area contributed by atoms with Crippen molar-refractivity contribution in [2.45, 2.75) is 30.2 Å². The third-order valence-electron chi connectivity index (χ3n) is 3.21. The van der Waals surface area contributed by atoms with E-state index in [9.17, 15) is 13.5 Å². The van der Waals surface area contributed by atoms with Crippen molar-refractivity contribution in [2.24, 2.45) is 0 Å². The molecule has 1 heterocycles. The van der Waals surface area contributed by atoms with Gasteiger partial charge < -0.3 is 5.11 Å². The maximum atomic E-state index is 12.6. The lowest BCUT2D eigenvalue weighted by Crippen LogP contribution is -2.45. The fourth-order valence-electron chi connectivity index (χ4n) is 2.25. The molecule has 1 aliphatic heterocycles. The van der Waals surface area contributed by atoms with Gasteiger partial charge in [0.15, 0.2) is 0 Å². The van der Waals surface area contributed by atoms with Crippen molar-refractivity contribution in [3.05, 3.63) is 27.8 Å². The van der Waals surface area contributed by atoms with E-state index in [0.717, 1.165) is 22.8 Å². The highest BCUT2D eigenvalue weighted by Gasteiger charge is 2.33. The number of nitrogens with zero attached hydrogens (tertiary/aromatic N) is 1. The SMILES string of the molecule is O=S(=O)(c1ccccc1I)N1CCCC[C@@H]1CO. The average Bonchev–Trinajstić information content (AvgIpc) is 2.39. The Morgan fingerprint density at radius 1 is 1.33 bits per heavy atom. The Morgan fingerprint density at radius 3 is 2.72 bits per heavy atom. The summed E-state index contributed by atoms with van der Waals surface area (Å²) >= 11 is 2.03. The Hall–Kier alpha value is -0.180. The number of rotatable bonds is 3. The van der Waals surface area contributed by atoms with Gasteiger partial charge in [0.05, 0.1) is 11.5 Å². The minimum absolute atomic E-state index is 0.108. The summed E-state index contributed by atoms with van der Waals surface area (Å²) in [6.07, 6.45) is 2.57. The number of sulfonamides is 1. The smallest absolute Gasteiger partial charge is 0.244 e. The van der Waals surface area contributed by atoms with Crippen LogP contribution in [0.5, 0.6) is 0 Å². The zero-order valence-electron chi connectivity index (χ0n) is 9.92. The number of hydrogen-bond acceptors (Lipinski definition) is 3. The topological polar surface area (TPSA) is 57.6 Å². The molecule has 0 aromatic heterocycles. The van der Waals surface area contributed by atoms with Crippen LogP contribution in [0.2, 0.25) is 0 Å². The number of aliphatic hydroxyl groups excluding tert-OH is 1. The van der Waals surface area contributed by atoms with Crippen LogP contribution in [0.1, 0.15) is 19.3 Å². The normalized spacial score (nSPS) is 22.0. The summed E-state index contributed by atoms with van der Waals surface area (Å²) in [5.41, 5.74) is 0. The van der Waals surface area contributed by atoms with Crippen LogP contribution in [-0.4, -0.2) is 37.0 Å². The molecule has 2 rings (SSSR count). The fourth-order valence-corrected chi connectivity index (χ4v) is 5.23. The van der Waals surface area contributed by atoms with Crippen LogP contribution in [0.15, 0.2) is 29.2 Å². The van der Waals surface area contributed by atoms with Crippen molar-refractivity contribution in [1.29, 1.82) is 0 Å². The van der Waals surface area contributed by atoms with E-state index in [2.05, 4.69) is 0 Å². The highest BCUT2D eigenvalue weighted by atomic mass is 127. The van der Waals surface area contributed by atoms with E-state index in [1.54, 1.807) is 18.2 Å². The van der Waals surface area contributed by atoms with E-state index in [4.69, 9.17) is 0 Å². The number of aliphatic hydroxyl groups is 1. The van der Waals surface area contributed by atoms with E-state index in [-0.39, 0.29) is 12.6 Å². The van der Waals surface area contributed by atoms with Gasteiger partial charge in [-0.1, -0.05) is 18.6 Å². The summed E-state index contributed by atoms with van der Waals surface area (Å²) in [7, 11) is -3.49. The standard InChI is InChI=1S/C12H16INO3S/c13-11-6-1-2-7-12(11)18(16,17)14-8-4-3-5-10(14)9-15/h1-2,6-7,10,15H,3-5,8-9H2/t10-/m1/s1. The van der Waals surface area contributed by atoms with Gasteiger partial charge in [-0.2, -0.15) is 4.31 Å². The van der Waals surface area contributed by atoms with Crippen molar-refractivity contribution in [3.63, 3.8) is 0 Å². The first kappa shape index (κ1) is 14.2. The Morgan fingerprint density at radius 2 is 2.06 bits per heavy atom. The summed E-state index contributed by atoms with van der Waals surface area (Å²) in [5.74, 6) is 0. The highest BCUT2D eigenvalue weighted by molar-refractivity contribution is 14.1. The minimum Gasteiger partial charge on any atom is -0.395 e.